The fourth-order valence-corrected chi connectivity index (χ4v) is 9.88. The molecule has 284 valence electrons. The van der Waals surface area contributed by atoms with Gasteiger partial charge in [0.05, 0.1) is 35.0 Å². The van der Waals surface area contributed by atoms with E-state index in [4.69, 9.17) is 8.83 Å². The van der Waals surface area contributed by atoms with E-state index in [-0.39, 0.29) is 35.8 Å². The largest absolute Gasteiger partial charge is 0.507 e. The molecule has 5 aromatic carbocycles. The SMILES string of the molecule is Cc1cccc([C@H]2C3=CC[C@@H]4C(=O)N(c5ccc(-c6nc7ccccc7o6)cc5)C(=O)[C@@H]4[C@@H]3C[C@H]3C(=O)N(c4ccc(-c5nc6ccccc6o5)cc4)C(=O)[C@@H]23)c1O. The summed E-state index contributed by atoms with van der Waals surface area (Å²) >= 11 is 0. The number of fused-ring (bicyclic) bond motifs is 6. The lowest BCUT2D eigenvalue weighted by atomic mass is 9.57. The quantitative estimate of drug-likeness (QED) is 0.135. The Labute approximate surface area is 331 Å². The normalized spacial score (nSPS) is 24.1. The number of hydrogen-bond acceptors (Lipinski definition) is 9. The van der Waals surface area contributed by atoms with Crippen molar-refractivity contribution < 1.29 is 33.1 Å². The second-order valence-electron chi connectivity index (χ2n) is 15.6. The van der Waals surface area contributed by atoms with Crippen LogP contribution >= 0.6 is 0 Å². The second kappa shape index (κ2) is 12.7. The van der Waals surface area contributed by atoms with E-state index in [1.807, 2.05) is 60.7 Å². The highest BCUT2D eigenvalue weighted by molar-refractivity contribution is 6.24. The minimum absolute atomic E-state index is 0.0470. The fraction of sp³-hybridized carbons (Fsp3) is 0.191. The number of benzene rings is 5. The van der Waals surface area contributed by atoms with E-state index in [0.717, 1.165) is 16.6 Å². The molecule has 11 heteroatoms. The number of imide groups is 2. The van der Waals surface area contributed by atoms with Crippen LogP contribution in [0.15, 0.2) is 136 Å². The van der Waals surface area contributed by atoms with Crippen molar-refractivity contribution in [2.24, 2.45) is 29.6 Å². The van der Waals surface area contributed by atoms with Crippen LogP contribution in [0.2, 0.25) is 0 Å². The molecule has 2 aromatic heterocycles. The summed E-state index contributed by atoms with van der Waals surface area (Å²) < 4.78 is 11.9. The number of carbonyl (C=O) groups excluding carboxylic acids is 4. The van der Waals surface area contributed by atoms with E-state index in [9.17, 15) is 24.3 Å². The molecule has 1 N–H and O–H groups in total. The topological polar surface area (TPSA) is 147 Å². The number of nitrogens with zero attached hydrogens (tertiary/aromatic N) is 4. The predicted octanol–water partition coefficient (Wildman–Crippen LogP) is 8.36. The molecule has 0 unspecified atom stereocenters. The number of phenolic OH excluding ortho intramolecular Hbond substituents is 1. The molecule has 0 spiro atoms. The third-order valence-electron chi connectivity index (χ3n) is 12.6. The van der Waals surface area contributed by atoms with Gasteiger partial charge in [0.25, 0.3) is 0 Å². The summed E-state index contributed by atoms with van der Waals surface area (Å²) in [6.45, 7) is 1.79. The minimum Gasteiger partial charge on any atom is -0.507 e. The van der Waals surface area contributed by atoms with Crippen molar-refractivity contribution in [3.8, 4) is 28.7 Å². The summed E-state index contributed by atoms with van der Waals surface area (Å²) in [7, 11) is 0. The average Bonchev–Trinajstić information content (AvgIpc) is 4.00. The molecule has 2 saturated heterocycles. The zero-order valence-electron chi connectivity index (χ0n) is 31.1. The van der Waals surface area contributed by atoms with Crippen molar-refractivity contribution >= 4 is 57.2 Å². The molecule has 58 heavy (non-hydrogen) atoms. The highest BCUT2D eigenvalue weighted by Gasteiger charge is 2.62. The van der Waals surface area contributed by atoms with Gasteiger partial charge in [-0.15, -0.1) is 0 Å². The number of carbonyl (C=O) groups is 4. The van der Waals surface area contributed by atoms with Crippen LogP contribution in [0.3, 0.4) is 0 Å². The Balaban J connectivity index is 0.932. The van der Waals surface area contributed by atoms with Gasteiger partial charge in [-0.1, -0.05) is 54.1 Å². The van der Waals surface area contributed by atoms with Crippen LogP contribution in [0, 0.1) is 36.5 Å². The van der Waals surface area contributed by atoms with Crippen molar-refractivity contribution in [2.75, 3.05) is 9.80 Å². The van der Waals surface area contributed by atoms with E-state index in [0.29, 0.717) is 63.0 Å². The maximum Gasteiger partial charge on any atom is 0.238 e. The first-order valence-corrected chi connectivity index (χ1v) is 19.4. The standard InChI is InChI=1S/C47H34N4O7/c1-24-7-6-8-30(41(24)52)38-29-21-22-31-39(46(55)50(44(31)53)27-17-13-25(14-18-27)42-48-34-9-2-4-11-36(34)57-42)32(29)23-33-40(38)47(56)51(45(33)54)28-19-15-26(16-20-28)43-49-35-10-3-5-12-37(35)58-43/h2-21,31-33,38-40,52H,22-23H2,1H3/t31-,32+,33+,38+,39-,40+/m0/s1. The Kier molecular flexibility index (Phi) is 7.47. The number of allylic oxidation sites excluding steroid dienone is 2. The summed E-state index contributed by atoms with van der Waals surface area (Å²) in [5.41, 5.74) is 6.97. The summed E-state index contributed by atoms with van der Waals surface area (Å²) in [6.07, 6.45) is 2.49. The van der Waals surface area contributed by atoms with E-state index >= 15 is 0 Å². The monoisotopic (exact) mass is 766 g/mol. The maximum atomic E-state index is 14.7. The molecule has 1 saturated carbocycles. The van der Waals surface area contributed by atoms with Gasteiger partial charge in [0.1, 0.15) is 16.8 Å². The van der Waals surface area contributed by atoms with Crippen molar-refractivity contribution in [2.45, 2.75) is 25.7 Å². The number of para-hydroxylation sites is 5. The van der Waals surface area contributed by atoms with Gasteiger partial charge in [-0.2, -0.15) is 0 Å². The van der Waals surface area contributed by atoms with Gasteiger partial charge in [-0.3, -0.25) is 29.0 Å². The first kappa shape index (κ1) is 34.1. The maximum absolute atomic E-state index is 14.7. The molecule has 11 rings (SSSR count). The molecule has 0 bridgehead atoms. The van der Waals surface area contributed by atoms with Gasteiger partial charge in [-0.05, 0) is 104 Å². The molecule has 3 fully saturated rings. The lowest BCUT2D eigenvalue weighted by molar-refractivity contribution is -0.126. The average molecular weight is 767 g/mol. The van der Waals surface area contributed by atoms with Crippen LogP contribution in [0.25, 0.3) is 45.1 Å². The molecule has 2 aliphatic heterocycles. The van der Waals surface area contributed by atoms with Gasteiger partial charge in [-0.25, -0.2) is 9.97 Å². The van der Waals surface area contributed by atoms with E-state index in [1.165, 1.54) is 9.80 Å². The zero-order valence-corrected chi connectivity index (χ0v) is 31.1. The smallest absolute Gasteiger partial charge is 0.238 e. The summed E-state index contributed by atoms with van der Waals surface area (Å²) in [5, 5.41) is 11.5. The van der Waals surface area contributed by atoms with E-state index in [2.05, 4.69) is 9.97 Å². The molecular weight excluding hydrogens is 733 g/mol. The van der Waals surface area contributed by atoms with Gasteiger partial charge in [0, 0.05) is 22.6 Å². The number of anilines is 2. The van der Waals surface area contributed by atoms with Crippen LogP contribution in [-0.2, 0) is 19.2 Å². The number of rotatable bonds is 5. The van der Waals surface area contributed by atoms with Crippen LogP contribution in [-0.4, -0.2) is 38.7 Å². The Hall–Kier alpha value is -7.14. The third kappa shape index (κ3) is 4.98. The Morgan fingerprint density at radius 1 is 0.586 bits per heavy atom. The number of aromatic hydroxyl groups is 1. The Bertz CT molecular complexity index is 2840. The van der Waals surface area contributed by atoms with E-state index < -0.39 is 35.5 Å². The first-order valence-electron chi connectivity index (χ1n) is 19.4. The lowest BCUT2D eigenvalue weighted by Gasteiger charge is -2.44. The first-order chi connectivity index (χ1) is 28.2. The minimum atomic E-state index is -0.821. The van der Waals surface area contributed by atoms with Crippen molar-refractivity contribution in [1.29, 1.82) is 0 Å². The third-order valence-corrected chi connectivity index (χ3v) is 12.6. The van der Waals surface area contributed by atoms with Crippen molar-refractivity contribution in [1.82, 2.24) is 9.97 Å². The predicted molar refractivity (Wildman–Crippen MR) is 214 cm³/mol. The van der Waals surface area contributed by atoms with Crippen molar-refractivity contribution in [3.05, 3.63) is 138 Å². The number of hydrogen-bond donors (Lipinski definition) is 1. The van der Waals surface area contributed by atoms with Crippen LogP contribution in [0.1, 0.15) is 29.9 Å². The molecule has 0 radical (unpaired) electrons. The number of amides is 4. The number of phenols is 1. The fourth-order valence-electron chi connectivity index (χ4n) is 9.88. The highest BCUT2D eigenvalue weighted by atomic mass is 16.4. The highest BCUT2D eigenvalue weighted by Crippen LogP contribution is 2.59. The molecule has 11 nitrogen and oxygen atoms in total. The number of aryl methyl sites for hydroxylation is 1. The van der Waals surface area contributed by atoms with Gasteiger partial charge < -0.3 is 13.9 Å². The molecule has 7 aromatic rings. The van der Waals surface area contributed by atoms with Gasteiger partial charge >= 0.3 is 0 Å². The Morgan fingerprint density at radius 2 is 1.12 bits per heavy atom. The zero-order chi connectivity index (χ0) is 39.4. The van der Waals surface area contributed by atoms with Crippen LogP contribution in [0.4, 0.5) is 11.4 Å². The second-order valence-corrected chi connectivity index (χ2v) is 15.6. The number of oxazole rings is 2. The molecule has 4 aliphatic rings. The summed E-state index contributed by atoms with van der Waals surface area (Å²) in [5.74, 6) is -4.66. The van der Waals surface area contributed by atoms with Crippen LogP contribution < -0.4 is 9.80 Å². The lowest BCUT2D eigenvalue weighted by Crippen LogP contribution is -2.43. The molecule has 6 atom stereocenters. The number of aromatic nitrogens is 2. The molecule has 2 aliphatic carbocycles. The molecule has 4 amide bonds. The van der Waals surface area contributed by atoms with Crippen molar-refractivity contribution in [3.63, 3.8) is 0 Å². The van der Waals surface area contributed by atoms with Gasteiger partial charge in [0.15, 0.2) is 11.2 Å². The summed E-state index contributed by atoms with van der Waals surface area (Å²) in [6, 6.07) is 34.3. The Morgan fingerprint density at radius 3 is 1.69 bits per heavy atom. The molecule has 4 heterocycles. The molecular formula is C47H34N4O7. The van der Waals surface area contributed by atoms with Gasteiger partial charge in [0.2, 0.25) is 35.4 Å². The summed E-state index contributed by atoms with van der Waals surface area (Å²) in [4.78, 5) is 69.7. The van der Waals surface area contributed by atoms with Crippen LogP contribution in [0.5, 0.6) is 5.75 Å². The van der Waals surface area contributed by atoms with E-state index in [1.54, 1.807) is 67.6 Å².